The monoisotopic (exact) mass is 292 g/mol. The van der Waals surface area contributed by atoms with Gasteiger partial charge in [-0.25, -0.2) is 4.79 Å². The van der Waals surface area contributed by atoms with Gasteiger partial charge in [0, 0.05) is 24.6 Å². The first-order chi connectivity index (χ1) is 10.8. The largest absolute Gasteiger partial charge is 0.322 e. The zero-order valence-corrected chi connectivity index (χ0v) is 12.1. The van der Waals surface area contributed by atoms with Gasteiger partial charge in [0.05, 0.1) is 17.7 Å². The maximum Gasteiger partial charge on any atom is 0.322 e. The molecule has 110 valence electrons. The molecule has 2 aromatic rings. The van der Waals surface area contributed by atoms with Crippen LogP contribution < -0.4 is 5.32 Å². The first kappa shape index (κ1) is 14.1. The Labute approximate surface area is 129 Å². The summed E-state index contributed by atoms with van der Waals surface area (Å²) in [6, 6.07) is 12.8. The van der Waals surface area contributed by atoms with Gasteiger partial charge in [0.25, 0.3) is 0 Å². The van der Waals surface area contributed by atoms with Crippen LogP contribution in [-0.2, 0) is 0 Å². The minimum atomic E-state index is -0.107. The Bertz CT molecular complexity index is 691. The van der Waals surface area contributed by atoms with Crippen LogP contribution in [0.2, 0.25) is 0 Å². The number of nitrogens with one attached hydrogen (secondary N) is 1. The number of likely N-dealkylation sites (tertiary alicyclic amines) is 1. The SMILES string of the molecule is N#Cc1ccc(NC(=O)N2CCC[C@H]2c2ccncc2)cc1. The van der Waals surface area contributed by atoms with E-state index in [1.165, 1.54) is 0 Å². The van der Waals surface area contributed by atoms with Crippen LogP contribution >= 0.6 is 0 Å². The lowest BCUT2D eigenvalue weighted by molar-refractivity contribution is 0.207. The lowest BCUT2D eigenvalue weighted by Crippen LogP contribution is -2.34. The fourth-order valence-corrected chi connectivity index (χ4v) is 2.77. The van der Waals surface area contributed by atoms with E-state index in [1.54, 1.807) is 36.7 Å². The van der Waals surface area contributed by atoms with E-state index in [0.29, 0.717) is 11.3 Å². The second-order valence-electron chi connectivity index (χ2n) is 5.25. The number of hydrogen-bond acceptors (Lipinski definition) is 3. The minimum Gasteiger partial charge on any atom is -0.317 e. The van der Waals surface area contributed by atoms with Crippen LogP contribution in [0.4, 0.5) is 10.5 Å². The van der Waals surface area contributed by atoms with E-state index in [4.69, 9.17) is 5.26 Å². The first-order valence-corrected chi connectivity index (χ1v) is 7.25. The van der Waals surface area contributed by atoms with E-state index in [2.05, 4.69) is 16.4 Å². The Morgan fingerprint density at radius 3 is 2.64 bits per heavy atom. The maximum absolute atomic E-state index is 12.5. The lowest BCUT2D eigenvalue weighted by Gasteiger charge is -2.25. The van der Waals surface area contributed by atoms with Gasteiger partial charge in [0.2, 0.25) is 0 Å². The summed E-state index contributed by atoms with van der Waals surface area (Å²) in [5.41, 5.74) is 2.39. The molecule has 1 aromatic carbocycles. The third kappa shape index (κ3) is 2.91. The molecule has 0 saturated carbocycles. The van der Waals surface area contributed by atoms with Gasteiger partial charge >= 0.3 is 6.03 Å². The molecule has 0 unspecified atom stereocenters. The third-order valence-corrected chi connectivity index (χ3v) is 3.87. The second-order valence-corrected chi connectivity index (χ2v) is 5.25. The normalized spacial score (nSPS) is 17.0. The van der Waals surface area contributed by atoms with Crippen molar-refractivity contribution in [2.24, 2.45) is 0 Å². The summed E-state index contributed by atoms with van der Waals surface area (Å²) in [4.78, 5) is 18.4. The van der Waals surface area contributed by atoms with Gasteiger partial charge in [-0.05, 0) is 54.8 Å². The molecule has 1 N–H and O–H groups in total. The van der Waals surface area contributed by atoms with Crippen molar-refractivity contribution in [3.8, 4) is 6.07 Å². The summed E-state index contributed by atoms with van der Waals surface area (Å²) >= 11 is 0. The van der Waals surface area contributed by atoms with E-state index < -0.39 is 0 Å². The molecule has 22 heavy (non-hydrogen) atoms. The molecule has 1 atom stereocenters. The predicted molar refractivity (Wildman–Crippen MR) is 83.1 cm³/mol. The average Bonchev–Trinajstić information content (AvgIpc) is 3.06. The highest BCUT2D eigenvalue weighted by Gasteiger charge is 2.29. The number of rotatable bonds is 2. The standard InChI is InChI=1S/C17H16N4O/c18-12-13-3-5-15(6-4-13)20-17(22)21-11-1-2-16(21)14-7-9-19-10-8-14/h3-10,16H,1-2,11H2,(H,20,22)/t16-/m0/s1. The molecule has 3 rings (SSSR count). The number of nitriles is 1. The summed E-state index contributed by atoms with van der Waals surface area (Å²) < 4.78 is 0. The van der Waals surface area contributed by atoms with Gasteiger partial charge in [-0.15, -0.1) is 0 Å². The maximum atomic E-state index is 12.5. The van der Waals surface area contributed by atoms with Crippen LogP contribution in [0.1, 0.15) is 30.0 Å². The number of nitrogens with zero attached hydrogens (tertiary/aromatic N) is 3. The van der Waals surface area contributed by atoms with Crippen LogP contribution in [0.25, 0.3) is 0 Å². The summed E-state index contributed by atoms with van der Waals surface area (Å²) in [6.45, 7) is 0.745. The number of carbonyl (C=O) groups excluding carboxylic acids is 1. The van der Waals surface area contributed by atoms with E-state index in [9.17, 15) is 4.79 Å². The van der Waals surface area contributed by atoms with Gasteiger partial charge in [-0.3, -0.25) is 4.98 Å². The number of urea groups is 1. The van der Waals surface area contributed by atoms with E-state index in [1.807, 2.05) is 17.0 Å². The Morgan fingerprint density at radius 1 is 1.23 bits per heavy atom. The quantitative estimate of drug-likeness (QED) is 0.923. The van der Waals surface area contributed by atoms with Gasteiger partial charge in [-0.1, -0.05) is 0 Å². The smallest absolute Gasteiger partial charge is 0.317 e. The predicted octanol–water partition coefficient (Wildman–Crippen LogP) is 3.32. The zero-order chi connectivity index (χ0) is 15.4. The molecular weight excluding hydrogens is 276 g/mol. The van der Waals surface area contributed by atoms with E-state index >= 15 is 0 Å². The van der Waals surface area contributed by atoms with Crippen LogP contribution in [-0.4, -0.2) is 22.5 Å². The molecule has 1 aliphatic heterocycles. The molecule has 5 nitrogen and oxygen atoms in total. The van der Waals surface area contributed by atoms with Gasteiger partial charge < -0.3 is 10.2 Å². The molecule has 1 aliphatic rings. The highest BCUT2D eigenvalue weighted by atomic mass is 16.2. The number of benzene rings is 1. The molecule has 0 spiro atoms. The Hall–Kier alpha value is -2.87. The molecule has 5 heteroatoms. The number of pyridine rings is 1. The molecule has 0 bridgehead atoms. The summed E-state index contributed by atoms with van der Waals surface area (Å²) in [7, 11) is 0. The van der Waals surface area contributed by atoms with Crippen molar-refractivity contribution in [1.29, 1.82) is 5.26 Å². The number of anilines is 1. The fourth-order valence-electron chi connectivity index (χ4n) is 2.77. The van der Waals surface area contributed by atoms with Crippen molar-refractivity contribution in [2.75, 3.05) is 11.9 Å². The van der Waals surface area contributed by atoms with Crippen LogP contribution in [0.3, 0.4) is 0 Å². The molecular formula is C17H16N4O. The minimum absolute atomic E-state index is 0.0985. The highest BCUT2D eigenvalue weighted by molar-refractivity contribution is 5.89. The topological polar surface area (TPSA) is 69.0 Å². The molecule has 0 aliphatic carbocycles. The molecule has 0 radical (unpaired) electrons. The van der Waals surface area contributed by atoms with Crippen LogP contribution in [0.5, 0.6) is 0 Å². The van der Waals surface area contributed by atoms with Crippen molar-refractivity contribution in [1.82, 2.24) is 9.88 Å². The van der Waals surface area contributed by atoms with Gasteiger partial charge in [0.15, 0.2) is 0 Å². The Balaban J connectivity index is 1.72. The second kappa shape index (κ2) is 6.27. The summed E-state index contributed by atoms with van der Waals surface area (Å²) in [5.74, 6) is 0. The molecule has 1 fully saturated rings. The van der Waals surface area contributed by atoms with Crippen molar-refractivity contribution >= 4 is 11.7 Å². The summed E-state index contributed by atoms with van der Waals surface area (Å²) in [6.07, 6.45) is 5.47. The van der Waals surface area contributed by atoms with Crippen molar-refractivity contribution in [2.45, 2.75) is 18.9 Å². The van der Waals surface area contributed by atoms with Crippen LogP contribution in [0, 0.1) is 11.3 Å². The van der Waals surface area contributed by atoms with E-state index in [0.717, 1.165) is 24.9 Å². The number of aromatic nitrogens is 1. The zero-order valence-electron chi connectivity index (χ0n) is 12.1. The van der Waals surface area contributed by atoms with Crippen LogP contribution in [0.15, 0.2) is 48.8 Å². The number of hydrogen-bond donors (Lipinski definition) is 1. The van der Waals surface area contributed by atoms with Crippen molar-refractivity contribution in [3.05, 3.63) is 59.9 Å². The highest BCUT2D eigenvalue weighted by Crippen LogP contribution is 2.31. The van der Waals surface area contributed by atoms with E-state index in [-0.39, 0.29) is 12.1 Å². The Kier molecular flexibility index (Phi) is 4.01. The van der Waals surface area contributed by atoms with Gasteiger partial charge in [0.1, 0.15) is 0 Å². The molecule has 1 aromatic heterocycles. The average molecular weight is 292 g/mol. The Morgan fingerprint density at radius 2 is 1.95 bits per heavy atom. The molecule has 1 saturated heterocycles. The third-order valence-electron chi connectivity index (χ3n) is 3.87. The lowest BCUT2D eigenvalue weighted by atomic mass is 10.1. The molecule has 2 amide bonds. The molecule has 2 heterocycles. The van der Waals surface area contributed by atoms with Gasteiger partial charge in [-0.2, -0.15) is 5.26 Å². The van der Waals surface area contributed by atoms with Crippen molar-refractivity contribution < 1.29 is 4.79 Å². The number of amides is 2. The number of carbonyl (C=O) groups is 1. The summed E-state index contributed by atoms with van der Waals surface area (Å²) in [5, 5.41) is 11.7. The first-order valence-electron chi connectivity index (χ1n) is 7.25. The fraction of sp³-hybridized carbons (Fsp3) is 0.235. The van der Waals surface area contributed by atoms with Crippen molar-refractivity contribution in [3.63, 3.8) is 0 Å².